The Morgan fingerprint density at radius 3 is 1.60 bits per heavy atom. The summed E-state index contributed by atoms with van der Waals surface area (Å²) < 4.78 is 29.1. The van der Waals surface area contributed by atoms with E-state index in [4.69, 9.17) is 0 Å². The molecule has 2 aliphatic carbocycles. The molecule has 0 radical (unpaired) electrons. The Morgan fingerprint density at radius 1 is 0.569 bits per heavy atom. The van der Waals surface area contributed by atoms with Crippen molar-refractivity contribution in [2.75, 3.05) is 24.0 Å². The zero-order valence-corrected chi connectivity index (χ0v) is 49.3. The van der Waals surface area contributed by atoms with Crippen LogP contribution in [0.4, 0.5) is 5.69 Å². The summed E-state index contributed by atoms with van der Waals surface area (Å²) in [4.78, 5) is 5.68. The topological polar surface area (TPSA) is 41.3 Å². The van der Waals surface area contributed by atoms with Crippen LogP contribution in [0.3, 0.4) is 0 Å². The molecule has 0 spiro atoms. The highest BCUT2D eigenvalue weighted by atomic mass is 32.2. The molecule has 400 valence electrons. The van der Waals surface area contributed by atoms with Crippen molar-refractivity contribution < 1.29 is 13.0 Å². The van der Waals surface area contributed by atoms with E-state index in [1.54, 1.807) is 12.5 Å². The van der Waals surface area contributed by atoms with Gasteiger partial charge in [-0.1, -0.05) is 235 Å². The van der Waals surface area contributed by atoms with Gasteiger partial charge in [0.2, 0.25) is 5.52 Å². The second-order valence-corrected chi connectivity index (χ2v) is 26.8. The molecule has 6 rings (SSSR count). The molecule has 2 aromatic carbocycles. The maximum absolute atomic E-state index is 12.6. The molecule has 0 amide bonds. The van der Waals surface area contributed by atoms with E-state index in [1.807, 2.05) is 23.1 Å². The zero-order valence-electron chi connectivity index (χ0n) is 46.1. The molecule has 0 N–H and O–H groups in total. The smallest absolute Gasteiger partial charge is 0.263 e. The van der Waals surface area contributed by atoms with Crippen molar-refractivity contribution in [2.24, 2.45) is 5.92 Å². The van der Waals surface area contributed by atoms with Gasteiger partial charge >= 0.3 is 0 Å². The fourth-order valence-corrected chi connectivity index (χ4v) is 14.8. The molecule has 1 aromatic heterocycles. The Balaban J connectivity index is 1.02. The van der Waals surface area contributed by atoms with Crippen LogP contribution >= 0.6 is 23.1 Å². The van der Waals surface area contributed by atoms with E-state index in [2.05, 4.69) is 84.0 Å². The molecule has 0 saturated carbocycles. The van der Waals surface area contributed by atoms with Gasteiger partial charge in [-0.2, -0.15) is 4.57 Å². The third kappa shape index (κ3) is 20.4. The molecule has 3 unspecified atom stereocenters. The predicted octanol–water partition coefficient (Wildman–Crippen LogP) is 20.1. The molecule has 1 aliphatic heterocycles. The van der Waals surface area contributed by atoms with Crippen LogP contribution in [0.25, 0.3) is 16.3 Å². The lowest BCUT2D eigenvalue weighted by molar-refractivity contribution is -0.669. The average Bonchev–Trinajstić information content (AvgIpc) is 3.90. The lowest BCUT2D eigenvalue weighted by Crippen LogP contribution is -2.35. The van der Waals surface area contributed by atoms with Crippen molar-refractivity contribution in [2.45, 2.75) is 266 Å². The van der Waals surface area contributed by atoms with Gasteiger partial charge in [-0.25, -0.2) is 0 Å². The molecule has 0 bridgehead atoms. The van der Waals surface area contributed by atoms with Gasteiger partial charge in [0.25, 0.3) is 5.01 Å². The number of thiazole rings is 1. The summed E-state index contributed by atoms with van der Waals surface area (Å²) in [6, 6.07) is 12.9. The number of unbranched alkanes of at least 4 members (excludes halogenated alkanes) is 30. The third-order valence-electron chi connectivity index (χ3n) is 15.9. The van der Waals surface area contributed by atoms with Gasteiger partial charge in [-0.05, 0) is 97.6 Å². The average molecular weight is 1060 g/mol. The summed E-state index contributed by atoms with van der Waals surface area (Å²) in [6.07, 6.45) is 62.5. The second kappa shape index (κ2) is 34.4. The first-order valence-electron chi connectivity index (χ1n) is 29.9. The Morgan fingerprint density at radius 2 is 1.06 bits per heavy atom. The number of hydrogen-bond acceptors (Lipinski definition) is 5. The number of allylic oxidation sites excluding steroid dienone is 6. The number of hydrogen-bond donors (Lipinski definition) is 0. The van der Waals surface area contributed by atoms with E-state index in [1.165, 1.54) is 266 Å². The van der Waals surface area contributed by atoms with E-state index >= 15 is 0 Å². The highest BCUT2D eigenvalue weighted by Gasteiger charge is 2.29. The summed E-state index contributed by atoms with van der Waals surface area (Å²) in [7, 11) is -2.01. The number of rotatable bonds is 38. The van der Waals surface area contributed by atoms with Gasteiger partial charge < -0.3 is 4.90 Å². The first kappa shape index (κ1) is 59.0. The standard InChI is InChI=1S/C64H99N2O2S4/c1-5-7-9-11-13-15-17-19-21-23-25-27-29-31-33-35-45-65-59-51-57(71(3)67)41-43-61(59)69-63(65)49-53-37-39-55-40-38-54(48-56(55)47-53)50-64-66(60-52-58(72(4)68)42-44-62(60)70-64)46-36-34-32-30-28-26-24-22-20-18-16-14-12-10-8-6-2/h41-44,47-52,55H,5-40,45-46H2,1-4H3/q+1. The Kier molecular flexibility index (Phi) is 28.2. The summed E-state index contributed by atoms with van der Waals surface area (Å²) in [5, 5.41) is 2.66. The van der Waals surface area contributed by atoms with E-state index in [9.17, 15) is 8.42 Å². The van der Waals surface area contributed by atoms with Crippen LogP contribution < -0.4 is 9.47 Å². The molecular weight excluding hydrogens is 957 g/mol. The van der Waals surface area contributed by atoms with Crippen LogP contribution in [-0.2, 0) is 28.1 Å². The van der Waals surface area contributed by atoms with E-state index in [-0.39, 0.29) is 0 Å². The number of fused-ring (bicyclic) bond motifs is 3. The van der Waals surface area contributed by atoms with Crippen LogP contribution in [-0.4, -0.2) is 27.5 Å². The van der Waals surface area contributed by atoms with Crippen LogP contribution in [0.15, 0.2) is 91.1 Å². The molecule has 72 heavy (non-hydrogen) atoms. The van der Waals surface area contributed by atoms with Gasteiger partial charge in [0.1, 0.15) is 4.70 Å². The van der Waals surface area contributed by atoms with Gasteiger partial charge in [-0.15, -0.1) is 0 Å². The maximum Gasteiger partial charge on any atom is 0.263 e. The number of benzene rings is 2. The fourth-order valence-electron chi connectivity index (χ4n) is 11.4. The monoisotopic (exact) mass is 1060 g/mol. The van der Waals surface area contributed by atoms with E-state index in [0.717, 1.165) is 35.7 Å². The van der Waals surface area contributed by atoms with Crippen molar-refractivity contribution in [3.8, 4) is 0 Å². The van der Waals surface area contributed by atoms with Crippen molar-refractivity contribution in [3.05, 3.63) is 81.4 Å². The molecule has 3 aliphatic rings. The normalized spacial score (nSPS) is 17.7. The third-order valence-corrected chi connectivity index (χ3v) is 20.0. The predicted molar refractivity (Wildman–Crippen MR) is 320 cm³/mol. The van der Waals surface area contributed by atoms with Crippen molar-refractivity contribution >= 4 is 66.7 Å². The summed E-state index contributed by atoms with van der Waals surface area (Å²) >= 11 is 3.80. The first-order chi connectivity index (χ1) is 35.3. The number of aryl methyl sites for hydroxylation is 1. The summed E-state index contributed by atoms with van der Waals surface area (Å²) in [5.41, 5.74) is 6.85. The van der Waals surface area contributed by atoms with E-state index < -0.39 is 21.6 Å². The van der Waals surface area contributed by atoms with Gasteiger partial charge in [-0.3, -0.25) is 8.42 Å². The number of anilines is 1. The lowest BCUT2D eigenvalue weighted by atomic mass is 9.77. The van der Waals surface area contributed by atoms with Crippen LogP contribution in [0.5, 0.6) is 0 Å². The first-order valence-corrected chi connectivity index (χ1v) is 34.7. The highest BCUT2D eigenvalue weighted by molar-refractivity contribution is 8.03. The molecule has 0 saturated heterocycles. The van der Waals surface area contributed by atoms with Crippen molar-refractivity contribution in [1.82, 2.24) is 0 Å². The van der Waals surface area contributed by atoms with Gasteiger partial charge in [0.15, 0.2) is 6.54 Å². The van der Waals surface area contributed by atoms with Crippen molar-refractivity contribution in [3.63, 3.8) is 0 Å². The minimum Gasteiger partial charge on any atom is -0.335 e. The minimum atomic E-state index is -1.00. The Labute approximate surface area is 454 Å². The minimum absolute atomic E-state index is 0.628. The lowest BCUT2D eigenvalue weighted by Gasteiger charge is -2.29. The molecule has 4 nitrogen and oxygen atoms in total. The van der Waals surface area contributed by atoms with Crippen LogP contribution in [0, 0.1) is 5.92 Å². The van der Waals surface area contributed by atoms with Gasteiger partial charge in [0.05, 0.1) is 21.5 Å². The largest absolute Gasteiger partial charge is 0.335 e. The molecule has 0 fully saturated rings. The summed E-state index contributed by atoms with van der Waals surface area (Å²) in [6.45, 7) is 6.63. The number of thioether (sulfide) groups is 1. The number of aromatic nitrogens is 1. The summed E-state index contributed by atoms with van der Waals surface area (Å²) in [5.74, 6) is 0.628. The van der Waals surface area contributed by atoms with Crippen molar-refractivity contribution in [1.29, 1.82) is 0 Å². The quantitative estimate of drug-likeness (QED) is 0.0424. The molecule has 8 heteroatoms. The zero-order chi connectivity index (χ0) is 50.6. The highest BCUT2D eigenvalue weighted by Crippen LogP contribution is 2.48. The maximum atomic E-state index is 12.6. The van der Waals surface area contributed by atoms with Crippen LogP contribution in [0.2, 0.25) is 0 Å². The van der Waals surface area contributed by atoms with Gasteiger partial charge in [0, 0.05) is 63.1 Å². The number of nitrogens with zero attached hydrogens (tertiary/aromatic N) is 2. The SMILES string of the molecule is CCCCCCCCCCCCCCCCCCN1/C(=C/C2=CC3=C/C(=C/c4sc5ccc(S(C)=O)cc5[n+]4CCCCCCCCCCCCCCCCCC)CCC3CC2)Sc2ccc(S(C)=O)cc21. The van der Waals surface area contributed by atoms with Crippen LogP contribution in [0.1, 0.15) is 250 Å². The Hall–Kier alpha value is -2.26. The second-order valence-electron chi connectivity index (χ2n) is 22.0. The molecular formula is C64H99N2O2S4+. The Bertz CT molecular complexity index is 2230. The molecule has 2 heterocycles. The van der Waals surface area contributed by atoms with E-state index in [0.29, 0.717) is 5.92 Å². The molecule has 3 atom stereocenters. The molecule has 3 aromatic rings. The fraction of sp³-hybridized carbons (Fsp3) is 0.672.